The summed E-state index contributed by atoms with van der Waals surface area (Å²) in [4.78, 5) is 9.28. The standard InChI is InChI=1S/C12H19N3S/c1-9-10-4-7-16-8-5-11(10)15-12(14-9)3-2-6-13/h2-8,13H2,1H3. The quantitative estimate of drug-likeness (QED) is 0.866. The zero-order chi connectivity index (χ0) is 11.4. The third-order valence-electron chi connectivity index (χ3n) is 2.93. The van der Waals surface area contributed by atoms with E-state index < -0.39 is 0 Å². The number of fused-ring (bicyclic) bond motifs is 1. The molecule has 4 heteroatoms. The van der Waals surface area contributed by atoms with Gasteiger partial charge in [-0.15, -0.1) is 0 Å². The number of hydrogen-bond acceptors (Lipinski definition) is 4. The second-order valence-corrected chi connectivity index (χ2v) is 5.38. The van der Waals surface area contributed by atoms with E-state index in [1.807, 2.05) is 11.8 Å². The number of nitrogens with zero attached hydrogens (tertiary/aromatic N) is 2. The van der Waals surface area contributed by atoms with Crippen LogP contribution < -0.4 is 5.73 Å². The lowest BCUT2D eigenvalue weighted by atomic mass is 10.1. The van der Waals surface area contributed by atoms with Gasteiger partial charge in [0.25, 0.3) is 0 Å². The van der Waals surface area contributed by atoms with Gasteiger partial charge in [0.05, 0.1) is 0 Å². The summed E-state index contributed by atoms with van der Waals surface area (Å²) in [5.74, 6) is 3.38. The Morgan fingerprint density at radius 2 is 2.06 bits per heavy atom. The van der Waals surface area contributed by atoms with E-state index in [9.17, 15) is 0 Å². The topological polar surface area (TPSA) is 51.8 Å². The van der Waals surface area contributed by atoms with Crippen molar-refractivity contribution in [1.29, 1.82) is 0 Å². The summed E-state index contributed by atoms with van der Waals surface area (Å²) >= 11 is 2.02. The highest BCUT2D eigenvalue weighted by Crippen LogP contribution is 2.20. The summed E-state index contributed by atoms with van der Waals surface area (Å²) in [6, 6.07) is 0. The highest BCUT2D eigenvalue weighted by Gasteiger charge is 2.14. The van der Waals surface area contributed by atoms with Gasteiger partial charge >= 0.3 is 0 Å². The van der Waals surface area contributed by atoms with E-state index in [-0.39, 0.29) is 0 Å². The fourth-order valence-electron chi connectivity index (χ4n) is 2.07. The number of thioether (sulfide) groups is 1. The maximum atomic E-state index is 5.52. The summed E-state index contributed by atoms with van der Waals surface area (Å²) in [7, 11) is 0. The Hall–Kier alpha value is -0.610. The Morgan fingerprint density at radius 3 is 2.88 bits per heavy atom. The molecule has 1 aromatic heterocycles. The van der Waals surface area contributed by atoms with E-state index in [2.05, 4.69) is 11.9 Å². The van der Waals surface area contributed by atoms with Gasteiger partial charge in [-0.2, -0.15) is 11.8 Å². The minimum Gasteiger partial charge on any atom is -0.330 e. The van der Waals surface area contributed by atoms with Crippen molar-refractivity contribution in [1.82, 2.24) is 9.97 Å². The second kappa shape index (κ2) is 5.64. The molecule has 16 heavy (non-hydrogen) atoms. The van der Waals surface area contributed by atoms with Crippen LogP contribution in [0.5, 0.6) is 0 Å². The number of nitrogens with two attached hydrogens (primary N) is 1. The molecule has 0 unspecified atom stereocenters. The number of hydrogen-bond donors (Lipinski definition) is 1. The Bertz CT molecular complexity index is 366. The van der Waals surface area contributed by atoms with Gasteiger partial charge in [0.1, 0.15) is 5.82 Å². The van der Waals surface area contributed by atoms with Gasteiger partial charge < -0.3 is 5.73 Å². The molecule has 0 atom stereocenters. The van der Waals surface area contributed by atoms with Crippen molar-refractivity contribution in [3.8, 4) is 0 Å². The second-order valence-electron chi connectivity index (χ2n) is 4.16. The van der Waals surface area contributed by atoms with Crippen molar-refractivity contribution in [3.63, 3.8) is 0 Å². The molecule has 0 bridgehead atoms. The van der Waals surface area contributed by atoms with Gasteiger partial charge in [0.2, 0.25) is 0 Å². The fraction of sp³-hybridized carbons (Fsp3) is 0.667. The van der Waals surface area contributed by atoms with Crippen LogP contribution in [0.4, 0.5) is 0 Å². The first-order chi connectivity index (χ1) is 7.81. The van der Waals surface area contributed by atoms with Crippen LogP contribution in [0.1, 0.15) is 29.2 Å². The van der Waals surface area contributed by atoms with Gasteiger partial charge in [0.15, 0.2) is 0 Å². The average Bonchev–Trinajstić information content (AvgIpc) is 2.51. The third kappa shape index (κ3) is 2.74. The largest absolute Gasteiger partial charge is 0.330 e. The molecule has 0 saturated heterocycles. The van der Waals surface area contributed by atoms with Crippen molar-refractivity contribution in [2.24, 2.45) is 5.73 Å². The SMILES string of the molecule is Cc1nc(CCCN)nc2c1CCSCC2. The van der Waals surface area contributed by atoms with E-state index in [0.717, 1.165) is 38.1 Å². The van der Waals surface area contributed by atoms with Crippen LogP contribution in [0, 0.1) is 6.92 Å². The highest BCUT2D eigenvalue weighted by atomic mass is 32.2. The maximum Gasteiger partial charge on any atom is 0.128 e. The Balaban J connectivity index is 2.24. The van der Waals surface area contributed by atoms with Crippen LogP contribution >= 0.6 is 11.8 Å². The Labute approximate surface area is 101 Å². The smallest absolute Gasteiger partial charge is 0.128 e. The lowest BCUT2D eigenvalue weighted by molar-refractivity contribution is 0.755. The summed E-state index contributed by atoms with van der Waals surface area (Å²) in [5, 5.41) is 0. The molecule has 0 radical (unpaired) electrons. The minimum atomic E-state index is 0.718. The molecule has 0 saturated carbocycles. The lowest BCUT2D eigenvalue weighted by Gasteiger charge is -2.10. The lowest BCUT2D eigenvalue weighted by Crippen LogP contribution is -2.09. The molecule has 1 aromatic rings. The predicted octanol–water partition coefficient (Wildman–Crippen LogP) is 1.51. The molecule has 0 fully saturated rings. The number of aromatic nitrogens is 2. The minimum absolute atomic E-state index is 0.718. The summed E-state index contributed by atoms with van der Waals surface area (Å²) in [6.07, 6.45) is 4.12. The van der Waals surface area contributed by atoms with Crippen LogP contribution in [0.15, 0.2) is 0 Å². The maximum absolute atomic E-state index is 5.52. The first-order valence-corrected chi connectivity index (χ1v) is 7.10. The zero-order valence-electron chi connectivity index (χ0n) is 9.83. The molecule has 2 N–H and O–H groups in total. The Kier molecular flexibility index (Phi) is 4.18. The van der Waals surface area contributed by atoms with Crippen molar-refractivity contribution in [2.45, 2.75) is 32.6 Å². The number of rotatable bonds is 3. The van der Waals surface area contributed by atoms with Crippen molar-refractivity contribution in [2.75, 3.05) is 18.1 Å². The molecular weight excluding hydrogens is 218 g/mol. The molecule has 0 amide bonds. The van der Waals surface area contributed by atoms with Crippen molar-refractivity contribution >= 4 is 11.8 Å². The average molecular weight is 237 g/mol. The molecule has 88 valence electrons. The molecule has 1 aliphatic rings. The van der Waals surface area contributed by atoms with Gasteiger partial charge in [-0.1, -0.05) is 0 Å². The molecule has 3 nitrogen and oxygen atoms in total. The molecule has 2 rings (SSSR count). The van der Waals surface area contributed by atoms with Crippen LogP contribution in [-0.2, 0) is 19.3 Å². The van der Waals surface area contributed by atoms with Crippen LogP contribution in [0.25, 0.3) is 0 Å². The van der Waals surface area contributed by atoms with E-state index in [0.29, 0.717) is 0 Å². The summed E-state index contributed by atoms with van der Waals surface area (Å²) in [6.45, 7) is 2.83. The van der Waals surface area contributed by atoms with Gasteiger partial charge in [-0.25, -0.2) is 9.97 Å². The third-order valence-corrected chi connectivity index (χ3v) is 3.92. The van der Waals surface area contributed by atoms with Gasteiger partial charge in [-0.3, -0.25) is 0 Å². The van der Waals surface area contributed by atoms with E-state index in [1.54, 1.807) is 0 Å². The van der Waals surface area contributed by atoms with Gasteiger partial charge in [0, 0.05) is 17.8 Å². The van der Waals surface area contributed by atoms with Crippen LogP contribution in [0.3, 0.4) is 0 Å². The molecular formula is C12H19N3S. The Morgan fingerprint density at radius 1 is 1.25 bits per heavy atom. The van der Waals surface area contributed by atoms with Crippen molar-refractivity contribution in [3.05, 3.63) is 22.8 Å². The highest BCUT2D eigenvalue weighted by molar-refractivity contribution is 7.99. The molecule has 0 aromatic carbocycles. The van der Waals surface area contributed by atoms with E-state index in [1.165, 1.54) is 28.5 Å². The molecule has 1 aliphatic heterocycles. The summed E-state index contributed by atoms with van der Waals surface area (Å²) < 4.78 is 0. The number of aryl methyl sites for hydroxylation is 3. The normalized spacial score (nSPS) is 15.6. The van der Waals surface area contributed by atoms with Gasteiger partial charge in [-0.05, 0) is 49.8 Å². The van der Waals surface area contributed by atoms with Crippen LogP contribution in [-0.4, -0.2) is 28.0 Å². The monoisotopic (exact) mass is 237 g/mol. The predicted molar refractivity (Wildman–Crippen MR) is 68.9 cm³/mol. The van der Waals surface area contributed by atoms with E-state index >= 15 is 0 Å². The first-order valence-electron chi connectivity index (χ1n) is 5.94. The first kappa shape index (κ1) is 11.9. The zero-order valence-corrected chi connectivity index (χ0v) is 10.6. The fourth-order valence-corrected chi connectivity index (χ4v) is 2.96. The molecule has 0 spiro atoms. The van der Waals surface area contributed by atoms with Crippen molar-refractivity contribution < 1.29 is 0 Å². The molecule has 2 heterocycles. The molecule has 0 aliphatic carbocycles. The van der Waals surface area contributed by atoms with Crippen LogP contribution in [0.2, 0.25) is 0 Å². The summed E-state index contributed by atoms with van der Waals surface area (Å²) in [5.41, 5.74) is 9.37. The van der Waals surface area contributed by atoms with E-state index in [4.69, 9.17) is 10.7 Å².